The van der Waals surface area contributed by atoms with Crippen LogP contribution in [0.25, 0.3) is 0 Å². The van der Waals surface area contributed by atoms with Crippen LogP contribution in [-0.4, -0.2) is 25.6 Å². The van der Waals surface area contributed by atoms with Gasteiger partial charge in [0.15, 0.2) is 0 Å². The van der Waals surface area contributed by atoms with E-state index < -0.39 is 11.9 Å². The Balaban J connectivity index is 2.69. The molecule has 0 atom stereocenters. The van der Waals surface area contributed by atoms with Gasteiger partial charge in [-0.25, -0.2) is 4.79 Å². The summed E-state index contributed by atoms with van der Waals surface area (Å²) in [7, 11) is 1.29. The van der Waals surface area contributed by atoms with Gasteiger partial charge in [0.05, 0.1) is 31.4 Å². The smallest absolute Gasteiger partial charge is 0.337 e. The number of hydrogen-bond donors (Lipinski definition) is 2. The van der Waals surface area contributed by atoms with E-state index in [4.69, 9.17) is 16.2 Å². The second-order valence-corrected chi connectivity index (χ2v) is 3.31. The van der Waals surface area contributed by atoms with Crippen LogP contribution < -0.4 is 16.2 Å². The van der Waals surface area contributed by atoms with Gasteiger partial charge in [-0.15, -0.1) is 0 Å². The summed E-state index contributed by atoms with van der Waals surface area (Å²) >= 11 is 0. The van der Waals surface area contributed by atoms with Gasteiger partial charge in [-0.1, -0.05) is 0 Å². The van der Waals surface area contributed by atoms with Crippen molar-refractivity contribution < 1.29 is 19.1 Å². The quantitative estimate of drug-likeness (QED) is 0.567. The van der Waals surface area contributed by atoms with Crippen molar-refractivity contribution in [3.05, 3.63) is 23.8 Å². The molecule has 6 nitrogen and oxygen atoms in total. The van der Waals surface area contributed by atoms with Crippen LogP contribution in [0.15, 0.2) is 18.2 Å². The summed E-state index contributed by atoms with van der Waals surface area (Å²) in [6.07, 6.45) is 0.109. The van der Waals surface area contributed by atoms with E-state index in [1.807, 2.05) is 0 Å². The van der Waals surface area contributed by atoms with Gasteiger partial charge in [0.25, 0.3) is 0 Å². The number of ether oxygens (including phenoxy) is 2. The highest BCUT2D eigenvalue weighted by Crippen LogP contribution is 2.22. The number of benzene rings is 1. The van der Waals surface area contributed by atoms with E-state index in [-0.39, 0.29) is 13.0 Å². The van der Waals surface area contributed by atoms with E-state index >= 15 is 0 Å². The number of amides is 1. The molecule has 0 bridgehead atoms. The van der Waals surface area contributed by atoms with Crippen molar-refractivity contribution >= 4 is 17.6 Å². The van der Waals surface area contributed by atoms with E-state index in [1.54, 1.807) is 6.07 Å². The average Bonchev–Trinajstić information content (AvgIpc) is 2.29. The van der Waals surface area contributed by atoms with Crippen LogP contribution in [0.3, 0.4) is 0 Å². The van der Waals surface area contributed by atoms with E-state index in [2.05, 4.69) is 4.74 Å². The van der Waals surface area contributed by atoms with Crippen LogP contribution in [0.1, 0.15) is 16.8 Å². The number of methoxy groups -OCH3 is 1. The number of carbonyl (C=O) groups excluding carboxylic acids is 2. The molecular weight excluding hydrogens is 224 g/mol. The monoisotopic (exact) mass is 238 g/mol. The lowest BCUT2D eigenvalue weighted by Gasteiger charge is -2.08. The molecule has 4 N–H and O–H groups in total. The lowest BCUT2D eigenvalue weighted by atomic mass is 10.2. The Hall–Kier alpha value is -2.24. The first kappa shape index (κ1) is 12.8. The molecule has 0 saturated carbocycles. The van der Waals surface area contributed by atoms with Crippen molar-refractivity contribution in [3.8, 4) is 5.75 Å². The Morgan fingerprint density at radius 2 is 2.06 bits per heavy atom. The summed E-state index contributed by atoms with van der Waals surface area (Å²) in [5.41, 5.74) is 11.3. The van der Waals surface area contributed by atoms with Crippen molar-refractivity contribution in [3.63, 3.8) is 0 Å². The maximum absolute atomic E-state index is 11.2. The highest BCUT2D eigenvalue weighted by Gasteiger charge is 2.08. The van der Waals surface area contributed by atoms with E-state index in [0.717, 1.165) is 0 Å². The second-order valence-electron chi connectivity index (χ2n) is 3.31. The van der Waals surface area contributed by atoms with Gasteiger partial charge in [0.1, 0.15) is 5.75 Å². The van der Waals surface area contributed by atoms with Crippen LogP contribution in [0, 0.1) is 0 Å². The van der Waals surface area contributed by atoms with Gasteiger partial charge in [-0.2, -0.15) is 0 Å². The number of esters is 1. The predicted octanol–water partition coefficient (Wildman–Crippen LogP) is 0.310. The first-order chi connectivity index (χ1) is 8.04. The Morgan fingerprint density at radius 1 is 1.35 bits per heavy atom. The summed E-state index contributed by atoms with van der Waals surface area (Å²) in [6.45, 7) is 0.150. The molecule has 1 aromatic rings. The van der Waals surface area contributed by atoms with Crippen molar-refractivity contribution in [1.29, 1.82) is 0 Å². The number of anilines is 1. The fraction of sp³-hybridized carbons (Fsp3) is 0.273. The topological polar surface area (TPSA) is 105 Å². The van der Waals surface area contributed by atoms with Crippen LogP contribution >= 0.6 is 0 Å². The Labute approximate surface area is 98.5 Å². The van der Waals surface area contributed by atoms with Crippen LogP contribution in [0.2, 0.25) is 0 Å². The van der Waals surface area contributed by atoms with Gasteiger partial charge in [-0.3, -0.25) is 4.79 Å². The normalized spacial score (nSPS) is 9.71. The number of carbonyl (C=O) groups is 2. The summed E-state index contributed by atoms with van der Waals surface area (Å²) in [4.78, 5) is 21.7. The molecule has 0 aromatic heterocycles. The molecule has 1 aromatic carbocycles. The lowest BCUT2D eigenvalue weighted by molar-refractivity contribution is -0.118. The van der Waals surface area contributed by atoms with Crippen molar-refractivity contribution in [1.82, 2.24) is 0 Å². The molecule has 0 saturated heterocycles. The van der Waals surface area contributed by atoms with Crippen molar-refractivity contribution in [2.45, 2.75) is 6.42 Å². The maximum Gasteiger partial charge on any atom is 0.337 e. The van der Waals surface area contributed by atoms with Crippen LogP contribution in [0.5, 0.6) is 5.75 Å². The summed E-state index contributed by atoms with van der Waals surface area (Å²) in [5, 5.41) is 0. The van der Waals surface area contributed by atoms with Gasteiger partial charge >= 0.3 is 5.97 Å². The summed E-state index contributed by atoms with van der Waals surface area (Å²) in [6, 6.07) is 4.52. The number of rotatable bonds is 5. The molecular formula is C11H14N2O4. The molecule has 17 heavy (non-hydrogen) atoms. The SMILES string of the molecule is COC(=O)c1ccc(OCCC(N)=O)c(N)c1. The molecule has 0 radical (unpaired) electrons. The number of hydrogen-bond acceptors (Lipinski definition) is 5. The minimum Gasteiger partial charge on any atom is -0.491 e. The molecule has 0 aliphatic carbocycles. The minimum atomic E-state index is -0.472. The highest BCUT2D eigenvalue weighted by molar-refractivity contribution is 5.90. The number of primary amides is 1. The fourth-order valence-electron chi connectivity index (χ4n) is 1.19. The van der Waals surface area contributed by atoms with E-state index in [1.165, 1.54) is 19.2 Å². The van der Waals surface area contributed by atoms with Crippen molar-refractivity contribution in [2.24, 2.45) is 5.73 Å². The zero-order valence-electron chi connectivity index (χ0n) is 9.43. The molecule has 6 heteroatoms. The molecule has 0 heterocycles. The standard InChI is InChI=1S/C11H14N2O4/c1-16-11(15)7-2-3-9(8(12)6-7)17-5-4-10(13)14/h2-3,6H,4-5,12H2,1H3,(H2,13,14). The van der Waals surface area contributed by atoms with Crippen LogP contribution in [0.4, 0.5) is 5.69 Å². The second kappa shape index (κ2) is 5.74. The zero-order valence-corrected chi connectivity index (χ0v) is 9.43. The lowest BCUT2D eigenvalue weighted by Crippen LogP contribution is -2.15. The predicted molar refractivity (Wildman–Crippen MR) is 61.5 cm³/mol. The molecule has 0 aliphatic heterocycles. The fourth-order valence-corrected chi connectivity index (χ4v) is 1.19. The minimum absolute atomic E-state index is 0.109. The highest BCUT2D eigenvalue weighted by atomic mass is 16.5. The van der Waals surface area contributed by atoms with Crippen LogP contribution in [-0.2, 0) is 9.53 Å². The Morgan fingerprint density at radius 3 is 2.59 bits per heavy atom. The third-order valence-corrected chi connectivity index (χ3v) is 2.04. The van der Waals surface area contributed by atoms with Gasteiger partial charge in [-0.05, 0) is 18.2 Å². The van der Waals surface area contributed by atoms with E-state index in [9.17, 15) is 9.59 Å². The largest absolute Gasteiger partial charge is 0.491 e. The Bertz CT molecular complexity index is 431. The molecule has 0 aliphatic rings. The molecule has 0 spiro atoms. The Kier molecular flexibility index (Phi) is 4.33. The van der Waals surface area contributed by atoms with E-state index in [0.29, 0.717) is 17.0 Å². The zero-order chi connectivity index (χ0) is 12.8. The number of nitrogen functional groups attached to an aromatic ring is 1. The average molecular weight is 238 g/mol. The molecule has 1 rings (SSSR count). The third-order valence-electron chi connectivity index (χ3n) is 2.04. The van der Waals surface area contributed by atoms with Gasteiger partial charge in [0.2, 0.25) is 5.91 Å². The van der Waals surface area contributed by atoms with Gasteiger partial charge in [0, 0.05) is 0 Å². The third kappa shape index (κ3) is 3.67. The maximum atomic E-state index is 11.2. The molecule has 92 valence electrons. The van der Waals surface area contributed by atoms with Gasteiger partial charge < -0.3 is 20.9 Å². The molecule has 1 amide bonds. The summed E-state index contributed by atoms with van der Waals surface area (Å²) < 4.78 is 9.79. The molecule has 0 unspecified atom stereocenters. The summed E-state index contributed by atoms with van der Waals surface area (Å²) in [5.74, 6) is -0.519. The molecule has 0 fully saturated rings. The first-order valence-corrected chi connectivity index (χ1v) is 4.93. The first-order valence-electron chi connectivity index (χ1n) is 4.93. The van der Waals surface area contributed by atoms with Crippen molar-refractivity contribution in [2.75, 3.05) is 19.5 Å². The number of nitrogens with two attached hydrogens (primary N) is 2.